The average molecular weight is 325 g/mol. The number of carbonyl (C=O) groups excluding carboxylic acids is 1. The van der Waals surface area contributed by atoms with E-state index in [1.807, 2.05) is 6.07 Å². The molecule has 0 aliphatic carbocycles. The van der Waals surface area contributed by atoms with E-state index < -0.39 is 12.1 Å². The van der Waals surface area contributed by atoms with Crippen LogP contribution < -0.4 is 14.2 Å². The second-order valence-corrected chi connectivity index (χ2v) is 5.20. The Morgan fingerprint density at radius 1 is 1.14 bits per heavy atom. The topological polar surface area (TPSA) is 44.8 Å². The van der Waals surface area contributed by atoms with Gasteiger partial charge in [0.15, 0.2) is 17.2 Å². The van der Waals surface area contributed by atoms with Crippen molar-refractivity contribution in [3.63, 3.8) is 0 Å². The van der Waals surface area contributed by atoms with Crippen LogP contribution >= 0.6 is 23.2 Å². The van der Waals surface area contributed by atoms with Crippen molar-refractivity contribution in [3.8, 4) is 17.2 Å². The van der Waals surface area contributed by atoms with Gasteiger partial charge in [-0.2, -0.15) is 0 Å². The number of rotatable bonds is 2. The molecule has 21 heavy (non-hydrogen) atoms. The number of carbonyl (C=O) groups is 1. The fourth-order valence-corrected chi connectivity index (χ4v) is 2.18. The summed E-state index contributed by atoms with van der Waals surface area (Å²) in [5, 5.41) is 0.721. The Bertz CT molecular complexity index is 687. The van der Waals surface area contributed by atoms with Crippen molar-refractivity contribution in [2.24, 2.45) is 0 Å². The molecule has 0 aromatic heterocycles. The quantitative estimate of drug-likeness (QED) is 0.623. The monoisotopic (exact) mass is 324 g/mol. The molecule has 1 atom stereocenters. The minimum absolute atomic E-state index is 0.0774. The molecule has 0 amide bonds. The molecule has 4 nitrogen and oxygen atoms in total. The first kappa shape index (κ1) is 14.0. The van der Waals surface area contributed by atoms with E-state index >= 15 is 0 Å². The minimum Gasteiger partial charge on any atom is -0.485 e. The van der Waals surface area contributed by atoms with E-state index in [9.17, 15) is 4.79 Å². The van der Waals surface area contributed by atoms with Crippen molar-refractivity contribution >= 4 is 29.2 Å². The molecule has 0 spiro atoms. The van der Waals surface area contributed by atoms with Crippen LogP contribution in [0.2, 0.25) is 10.0 Å². The van der Waals surface area contributed by atoms with Crippen molar-refractivity contribution in [2.75, 3.05) is 6.61 Å². The van der Waals surface area contributed by atoms with E-state index in [0.29, 0.717) is 21.5 Å². The maximum absolute atomic E-state index is 12.1. The molecule has 6 heteroatoms. The van der Waals surface area contributed by atoms with Gasteiger partial charge in [-0.05, 0) is 24.3 Å². The fourth-order valence-electron chi connectivity index (χ4n) is 1.87. The fraction of sp³-hybridized carbons (Fsp3) is 0.133. The summed E-state index contributed by atoms with van der Waals surface area (Å²) in [6.45, 7) is 0.0774. The molecule has 0 saturated heterocycles. The van der Waals surface area contributed by atoms with Crippen molar-refractivity contribution in [1.29, 1.82) is 0 Å². The predicted molar refractivity (Wildman–Crippen MR) is 78.5 cm³/mol. The lowest BCUT2D eigenvalue weighted by atomic mass is 10.2. The summed E-state index contributed by atoms with van der Waals surface area (Å²) < 4.78 is 16.2. The average Bonchev–Trinajstić information content (AvgIpc) is 2.50. The Hall–Kier alpha value is -1.91. The van der Waals surface area contributed by atoms with Crippen LogP contribution in [-0.4, -0.2) is 18.7 Å². The number of para-hydroxylation sites is 2. The first-order valence-electron chi connectivity index (χ1n) is 6.19. The lowest BCUT2D eigenvalue weighted by Crippen LogP contribution is -2.39. The van der Waals surface area contributed by atoms with Crippen LogP contribution in [0.25, 0.3) is 0 Å². The number of halogens is 2. The molecule has 108 valence electrons. The van der Waals surface area contributed by atoms with Gasteiger partial charge in [0.2, 0.25) is 6.10 Å². The van der Waals surface area contributed by atoms with Gasteiger partial charge in [0.05, 0.1) is 5.02 Å². The molecule has 0 saturated carbocycles. The van der Waals surface area contributed by atoms with E-state index in [1.165, 1.54) is 6.07 Å². The molecule has 2 aromatic rings. The Labute approximate surface area is 131 Å². The highest BCUT2D eigenvalue weighted by Gasteiger charge is 2.29. The lowest BCUT2D eigenvalue weighted by molar-refractivity contribution is -0.144. The predicted octanol–water partition coefficient (Wildman–Crippen LogP) is 3.74. The summed E-state index contributed by atoms with van der Waals surface area (Å²) in [7, 11) is 0. The highest BCUT2D eigenvalue weighted by atomic mass is 35.5. The second kappa shape index (κ2) is 5.84. The number of benzene rings is 2. The van der Waals surface area contributed by atoms with Crippen molar-refractivity contribution < 1.29 is 19.0 Å². The third-order valence-corrected chi connectivity index (χ3v) is 3.42. The summed E-state index contributed by atoms with van der Waals surface area (Å²) in [5.41, 5.74) is 0. The number of hydrogen-bond acceptors (Lipinski definition) is 4. The zero-order chi connectivity index (χ0) is 14.8. The molecule has 0 unspecified atom stereocenters. The molecule has 2 aromatic carbocycles. The minimum atomic E-state index is -0.852. The van der Waals surface area contributed by atoms with Gasteiger partial charge >= 0.3 is 5.97 Å². The van der Waals surface area contributed by atoms with Crippen molar-refractivity contribution in [1.82, 2.24) is 0 Å². The molecular formula is C15H10Cl2O4. The lowest BCUT2D eigenvalue weighted by Gasteiger charge is -2.24. The van der Waals surface area contributed by atoms with Crippen LogP contribution in [0.5, 0.6) is 17.2 Å². The smallest absolute Gasteiger partial charge is 0.356 e. The van der Waals surface area contributed by atoms with Gasteiger partial charge in [-0.15, -0.1) is 0 Å². The van der Waals surface area contributed by atoms with Gasteiger partial charge < -0.3 is 14.2 Å². The van der Waals surface area contributed by atoms with Crippen LogP contribution in [0, 0.1) is 0 Å². The first-order valence-corrected chi connectivity index (χ1v) is 6.94. The number of ether oxygens (including phenoxy) is 3. The van der Waals surface area contributed by atoms with Crippen LogP contribution in [0.3, 0.4) is 0 Å². The first-order chi connectivity index (χ1) is 10.1. The van der Waals surface area contributed by atoms with Gasteiger partial charge in [-0.3, -0.25) is 0 Å². The zero-order valence-electron chi connectivity index (χ0n) is 10.7. The van der Waals surface area contributed by atoms with Gasteiger partial charge in [-0.25, -0.2) is 4.79 Å². The van der Waals surface area contributed by atoms with Gasteiger partial charge in [0, 0.05) is 11.1 Å². The van der Waals surface area contributed by atoms with Gasteiger partial charge in [-0.1, -0.05) is 35.3 Å². The summed E-state index contributed by atoms with van der Waals surface area (Å²) in [6.07, 6.45) is -0.852. The van der Waals surface area contributed by atoms with Crippen LogP contribution in [0.15, 0.2) is 42.5 Å². The molecule has 0 N–H and O–H groups in total. The van der Waals surface area contributed by atoms with E-state index in [1.54, 1.807) is 30.3 Å². The Morgan fingerprint density at radius 3 is 2.71 bits per heavy atom. The molecule has 3 rings (SSSR count). The highest BCUT2D eigenvalue weighted by molar-refractivity contribution is 6.34. The molecule has 0 radical (unpaired) electrons. The Morgan fingerprint density at radius 2 is 1.90 bits per heavy atom. The maximum atomic E-state index is 12.1. The Kier molecular flexibility index (Phi) is 3.90. The zero-order valence-corrected chi connectivity index (χ0v) is 12.2. The normalized spacial score (nSPS) is 16.4. The summed E-state index contributed by atoms with van der Waals surface area (Å²) in [6, 6.07) is 11.7. The summed E-state index contributed by atoms with van der Waals surface area (Å²) in [5.74, 6) is 0.704. The molecule has 1 heterocycles. The summed E-state index contributed by atoms with van der Waals surface area (Å²) >= 11 is 11.8. The second-order valence-electron chi connectivity index (χ2n) is 4.36. The molecule has 0 bridgehead atoms. The SMILES string of the molecule is O=C(Oc1cc(Cl)ccc1Cl)[C@@H]1COc2ccccc2O1. The number of esters is 1. The largest absolute Gasteiger partial charge is 0.485 e. The maximum Gasteiger partial charge on any atom is 0.356 e. The number of fused-ring (bicyclic) bond motifs is 1. The van der Waals surface area contributed by atoms with E-state index in [2.05, 4.69) is 0 Å². The van der Waals surface area contributed by atoms with E-state index in [-0.39, 0.29) is 12.4 Å². The van der Waals surface area contributed by atoms with Crippen molar-refractivity contribution in [2.45, 2.75) is 6.10 Å². The summed E-state index contributed by atoms with van der Waals surface area (Å²) in [4.78, 5) is 12.1. The molecular weight excluding hydrogens is 315 g/mol. The van der Waals surface area contributed by atoms with E-state index in [4.69, 9.17) is 37.4 Å². The molecule has 1 aliphatic rings. The van der Waals surface area contributed by atoms with Crippen LogP contribution in [0.4, 0.5) is 0 Å². The van der Waals surface area contributed by atoms with Crippen LogP contribution in [0.1, 0.15) is 0 Å². The van der Waals surface area contributed by atoms with E-state index in [0.717, 1.165) is 0 Å². The van der Waals surface area contributed by atoms with Crippen molar-refractivity contribution in [3.05, 3.63) is 52.5 Å². The third-order valence-electron chi connectivity index (χ3n) is 2.88. The molecule has 1 aliphatic heterocycles. The molecule has 0 fully saturated rings. The van der Waals surface area contributed by atoms with Gasteiger partial charge in [0.25, 0.3) is 0 Å². The van der Waals surface area contributed by atoms with Gasteiger partial charge in [0.1, 0.15) is 6.61 Å². The third kappa shape index (κ3) is 3.06. The van der Waals surface area contributed by atoms with Crippen LogP contribution in [-0.2, 0) is 4.79 Å². The number of hydrogen-bond donors (Lipinski definition) is 0. The standard InChI is InChI=1S/C15H10Cl2O4/c16-9-5-6-10(17)13(7-9)21-15(18)14-8-19-11-3-1-2-4-12(11)20-14/h1-7,14H,8H2/t14-/m0/s1. The Balaban J connectivity index is 1.74. The highest BCUT2D eigenvalue weighted by Crippen LogP contribution is 2.32.